The first-order valence-corrected chi connectivity index (χ1v) is 10.7. The maximum absolute atomic E-state index is 12.7. The number of fused-ring (bicyclic) bond motifs is 1. The molecule has 0 spiro atoms. The number of benzene rings is 2. The minimum atomic E-state index is -0.537. The van der Waals surface area contributed by atoms with Gasteiger partial charge < -0.3 is 24.8 Å². The van der Waals surface area contributed by atoms with Crippen molar-refractivity contribution in [3.63, 3.8) is 0 Å². The first-order chi connectivity index (χ1) is 15.4. The molecule has 32 heavy (non-hydrogen) atoms. The highest BCUT2D eigenvalue weighted by atomic mass is 35.5. The summed E-state index contributed by atoms with van der Waals surface area (Å²) in [6, 6.07) is 9.40. The lowest BCUT2D eigenvalue weighted by Crippen LogP contribution is -2.48. The van der Waals surface area contributed by atoms with Crippen LogP contribution in [-0.2, 0) is 14.9 Å². The van der Waals surface area contributed by atoms with Crippen LogP contribution in [0.15, 0.2) is 36.4 Å². The predicted molar refractivity (Wildman–Crippen MR) is 118 cm³/mol. The molecule has 2 aromatic rings. The molecule has 0 aliphatic carbocycles. The topological polar surface area (TPSA) is 112 Å². The molecule has 0 saturated carbocycles. The van der Waals surface area contributed by atoms with E-state index in [2.05, 4.69) is 10.6 Å². The van der Waals surface area contributed by atoms with E-state index in [4.69, 9.17) is 25.8 Å². The minimum absolute atomic E-state index is 0.112. The van der Waals surface area contributed by atoms with Crippen LogP contribution in [0.2, 0.25) is 5.02 Å². The molecule has 2 heterocycles. The van der Waals surface area contributed by atoms with Gasteiger partial charge in [-0.25, -0.2) is 0 Å². The molecule has 2 aromatic carbocycles. The van der Waals surface area contributed by atoms with Crippen molar-refractivity contribution in [3.8, 4) is 11.5 Å². The average Bonchev–Trinajstić information content (AvgIpc) is 3.27. The molecule has 0 radical (unpaired) electrons. The van der Waals surface area contributed by atoms with Gasteiger partial charge in [-0.15, -0.1) is 0 Å². The van der Waals surface area contributed by atoms with Gasteiger partial charge in [0.25, 0.3) is 5.69 Å². The number of halogens is 1. The van der Waals surface area contributed by atoms with E-state index in [0.29, 0.717) is 25.4 Å². The monoisotopic (exact) mass is 461 g/mol. The lowest BCUT2D eigenvalue weighted by molar-refractivity contribution is -0.384. The Hall–Kier alpha value is -2.88. The number of hydrogen-bond acceptors (Lipinski definition) is 7. The fourth-order valence-corrected chi connectivity index (χ4v) is 4.18. The van der Waals surface area contributed by atoms with Crippen LogP contribution in [0.3, 0.4) is 0 Å². The Morgan fingerprint density at radius 2 is 1.94 bits per heavy atom. The number of nitrogens with zero attached hydrogens (tertiary/aromatic N) is 1. The number of hydrogen-bond donors (Lipinski definition) is 2. The molecule has 1 fully saturated rings. The Morgan fingerprint density at radius 3 is 2.66 bits per heavy atom. The number of anilines is 1. The molecule has 1 saturated heterocycles. The fourth-order valence-electron chi connectivity index (χ4n) is 3.96. The molecule has 1 atom stereocenters. The van der Waals surface area contributed by atoms with E-state index in [0.717, 1.165) is 29.9 Å². The van der Waals surface area contributed by atoms with Crippen molar-refractivity contribution in [2.24, 2.45) is 0 Å². The predicted octanol–water partition coefficient (Wildman–Crippen LogP) is 3.64. The molecule has 1 unspecified atom stereocenters. The van der Waals surface area contributed by atoms with Crippen molar-refractivity contribution in [1.82, 2.24) is 5.32 Å². The number of nitrogens with one attached hydrogen (secondary N) is 2. The molecule has 9 nitrogen and oxygen atoms in total. The van der Waals surface area contributed by atoms with Crippen LogP contribution in [0.1, 0.15) is 25.3 Å². The maximum Gasteiger partial charge on any atom is 0.271 e. The van der Waals surface area contributed by atoms with Gasteiger partial charge in [0.05, 0.1) is 21.7 Å². The van der Waals surface area contributed by atoms with E-state index in [-0.39, 0.29) is 28.8 Å². The Labute approximate surface area is 190 Å². The molecule has 0 bridgehead atoms. The van der Waals surface area contributed by atoms with E-state index in [1.165, 1.54) is 18.2 Å². The summed E-state index contributed by atoms with van der Waals surface area (Å²) in [5, 5.41) is 17.0. The molecule has 10 heteroatoms. The normalized spacial score (nSPS) is 17.6. The van der Waals surface area contributed by atoms with Gasteiger partial charge in [0, 0.05) is 37.3 Å². The van der Waals surface area contributed by atoms with Crippen molar-refractivity contribution in [2.75, 3.05) is 31.9 Å². The zero-order valence-corrected chi connectivity index (χ0v) is 18.3. The van der Waals surface area contributed by atoms with Gasteiger partial charge in [-0.05, 0) is 43.5 Å². The number of non-ortho nitro benzene ring substituents is 1. The molecule has 2 aliphatic rings. The molecule has 2 N–H and O–H groups in total. The van der Waals surface area contributed by atoms with Crippen LogP contribution in [0.4, 0.5) is 11.4 Å². The van der Waals surface area contributed by atoms with E-state index in [1.54, 1.807) is 6.92 Å². The van der Waals surface area contributed by atoms with Crippen LogP contribution < -0.4 is 20.1 Å². The van der Waals surface area contributed by atoms with Gasteiger partial charge in [0.2, 0.25) is 12.7 Å². The van der Waals surface area contributed by atoms with E-state index in [9.17, 15) is 14.9 Å². The van der Waals surface area contributed by atoms with Gasteiger partial charge in [-0.3, -0.25) is 14.9 Å². The number of ether oxygens (including phenoxy) is 3. The third-order valence-electron chi connectivity index (χ3n) is 6.00. The van der Waals surface area contributed by atoms with Crippen LogP contribution >= 0.6 is 11.6 Å². The van der Waals surface area contributed by atoms with Crippen LogP contribution in [0, 0.1) is 10.1 Å². The second-order valence-corrected chi connectivity index (χ2v) is 8.38. The lowest BCUT2D eigenvalue weighted by atomic mass is 9.74. The summed E-state index contributed by atoms with van der Waals surface area (Å²) in [7, 11) is 0. The van der Waals surface area contributed by atoms with Gasteiger partial charge >= 0.3 is 0 Å². The molecule has 2 aliphatic heterocycles. The van der Waals surface area contributed by atoms with E-state index < -0.39 is 11.0 Å². The zero-order valence-electron chi connectivity index (χ0n) is 17.6. The summed E-state index contributed by atoms with van der Waals surface area (Å²) in [5.41, 5.74) is 1.10. The highest BCUT2D eigenvalue weighted by molar-refractivity contribution is 6.34. The Bertz CT molecular complexity index is 1020. The number of carbonyl (C=O) groups is 1. The van der Waals surface area contributed by atoms with Gasteiger partial charge in [-0.2, -0.15) is 0 Å². The highest BCUT2D eigenvalue weighted by Crippen LogP contribution is 2.40. The fraction of sp³-hybridized carbons (Fsp3) is 0.409. The SMILES string of the molecule is CC(NCC1(c2ccc3c(c2)OCO3)CCOCC1)C(=O)Nc1ccc([N+](=O)[O-])cc1Cl. The summed E-state index contributed by atoms with van der Waals surface area (Å²) in [6.45, 7) is 3.82. The Kier molecular flexibility index (Phi) is 6.50. The van der Waals surface area contributed by atoms with Crippen molar-refractivity contribution < 1.29 is 23.9 Å². The molecule has 1 amide bonds. The third-order valence-corrected chi connectivity index (χ3v) is 6.31. The molecular weight excluding hydrogens is 438 g/mol. The summed E-state index contributed by atoms with van der Waals surface area (Å²) in [4.78, 5) is 23.1. The second-order valence-electron chi connectivity index (χ2n) is 7.97. The van der Waals surface area contributed by atoms with E-state index in [1.807, 2.05) is 18.2 Å². The zero-order chi connectivity index (χ0) is 22.7. The highest BCUT2D eigenvalue weighted by Gasteiger charge is 2.36. The maximum atomic E-state index is 12.7. The standard InChI is InChI=1S/C22H24ClN3O6/c1-14(21(27)25-18-4-3-16(26(28)29)11-17(18)23)24-12-22(6-8-30-9-7-22)15-2-5-19-20(10-15)32-13-31-19/h2-5,10-11,14,24H,6-9,12-13H2,1H3,(H,25,27). The summed E-state index contributed by atoms with van der Waals surface area (Å²) >= 11 is 6.09. The smallest absolute Gasteiger partial charge is 0.271 e. The average molecular weight is 462 g/mol. The number of carbonyl (C=O) groups excluding carboxylic acids is 1. The van der Waals surface area contributed by atoms with E-state index >= 15 is 0 Å². The Balaban J connectivity index is 1.44. The van der Waals surface area contributed by atoms with Crippen molar-refractivity contribution in [2.45, 2.75) is 31.2 Å². The first kappa shape index (κ1) is 22.3. The molecule has 0 aromatic heterocycles. The van der Waals surface area contributed by atoms with Crippen LogP contribution in [0.5, 0.6) is 11.5 Å². The Morgan fingerprint density at radius 1 is 1.19 bits per heavy atom. The minimum Gasteiger partial charge on any atom is -0.454 e. The second kappa shape index (κ2) is 9.32. The number of nitro groups is 1. The number of nitro benzene ring substituents is 1. The van der Waals surface area contributed by atoms with Crippen LogP contribution in [-0.4, -0.2) is 43.4 Å². The van der Waals surface area contributed by atoms with Crippen LogP contribution in [0.25, 0.3) is 0 Å². The first-order valence-electron chi connectivity index (χ1n) is 10.3. The largest absolute Gasteiger partial charge is 0.454 e. The molecule has 4 rings (SSSR count). The summed E-state index contributed by atoms with van der Waals surface area (Å²) in [5.74, 6) is 1.18. The van der Waals surface area contributed by atoms with Gasteiger partial charge in [0.15, 0.2) is 11.5 Å². The summed E-state index contributed by atoms with van der Waals surface area (Å²) in [6.07, 6.45) is 1.62. The van der Waals surface area contributed by atoms with Gasteiger partial charge in [0.1, 0.15) is 0 Å². The quantitative estimate of drug-likeness (QED) is 0.478. The number of amides is 1. The summed E-state index contributed by atoms with van der Waals surface area (Å²) < 4.78 is 16.6. The molecular formula is C22H24ClN3O6. The van der Waals surface area contributed by atoms with Crippen molar-refractivity contribution >= 4 is 28.9 Å². The van der Waals surface area contributed by atoms with Gasteiger partial charge in [-0.1, -0.05) is 17.7 Å². The number of rotatable bonds is 7. The third kappa shape index (κ3) is 4.64. The van der Waals surface area contributed by atoms with Crippen molar-refractivity contribution in [3.05, 3.63) is 57.1 Å². The van der Waals surface area contributed by atoms with Crippen molar-refractivity contribution in [1.29, 1.82) is 0 Å². The lowest BCUT2D eigenvalue weighted by Gasteiger charge is -2.38. The molecule has 170 valence electrons.